The van der Waals surface area contributed by atoms with Gasteiger partial charge in [0, 0.05) is 5.46 Å². The second-order valence-corrected chi connectivity index (χ2v) is 9.24. The van der Waals surface area contributed by atoms with Crippen LogP contribution in [0.2, 0.25) is 0 Å². The monoisotopic (exact) mass is 436 g/mol. The van der Waals surface area contributed by atoms with E-state index in [1.807, 2.05) is 113 Å². The van der Waals surface area contributed by atoms with Gasteiger partial charge >= 0.3 is 15.7 Å². The Labute approximate surface area is 185 Å². The molecule has 160 valence electrons. The molecule has 31 heavy (non-hydrogen) atoms. The molecule has 0 bridgehead atoms. The minimum Gasteiger partial charge on any atom is -0.409 e. The van der Waals surface area contributed by atoms with E-state index in [9.17, 15) is 0 Å². The zero-order valence-electron chi connectivity index (χ0n) is 18.1. The van der Waals surface area contributed by atoms with E-state index in [0.717, 1.165) is 5.46 Å². The molecule has 0 aliphatic carbocycles. The van der Waals surface area contributed by atoms with Crippen molar-refractivity contribution in [2.75, 3.05) is 0 Å². The summed E-state index contributed by atoms with van der Waals surface area (Å²) in [5.74, 6) is 1.93. The highest BCUT2D eigenvalue weighted by Gasteiger charge is 2.52. The van der Waals surface area contributed by atoms with Crippen molar-refractivity contribution in [2.24, 2.45) is 0 Å². The molecule has 1 heterocycles. The lowest BCUT2D eigenvalue weighted by molar-refractivity contribution is 0.00578. The van der Waals surface area contributed by atoms with Crippen molar-refractivity contribution in [3.63, 3.8) is 0 Å². The van der Waals surface area contributed by atoms with Crippen LogP contribution in [0.5, 0.6) is 17.2 Å². The summed E-state index contributed by atoms with van der Waals surface area (Å²) in [5.41, 5.74) is -0.102. The van der Waals surface area contributed by atoms with Crippen molar-refractivity contribution >= 4 is 21.2 Å². The molecule has 1 saturated heterocycles. The highest BCUT2D eigenvalue weighted by atomic mass is 31.2. The number of hydrogen-bond donors (Lipinski definition) is 0. The fraction of sp³-hybridized carbons (Fsp3) is 0.250. The van der Waals surface area contributed by atoms with Crippen molar-refractivity contribution in [3.05, 3.63) is 84.9 Å². The predicted octanol–water partition coefficient (Wildman–Crippen LogP) is 5.75. The quantitative estimate of drug-likeness (QED) is 0.349. The number of rotatable bonds is 7. The number of benzene rings is 3. The molecule has 1 fully saturated rings. The third-order valence-electron chi connectivity index (χ3n) is 5.45. The second-order valence-electron chi connectivity index (χ2n) is 8.25. The van der Waals surface area contributed by atoms with Gasteiger partial charge in [-0.15, -0.1) is 0 Å². The Kier molecular flexibility index (Phi) is 6.24. The van der Waals surface area contributed by atoms with Gasteiger partial charge < -0.3 is 22.9 Å². The SMILES string of the molecule is CC1(C)OB(c2ccccc2OP(Oc2ccccc2)Oc2ccccc2)OC1(C)C. The summed E-state index contributed by atoms with van der Waals surface area (Å²) in [6, 6.07) is 26.6. The zero-order valence-corrected chi connectivity index (χ0v) is 19.0. The molecule has 5 nitrogen and oxygen atoms in total. The maximum Gasteiger partial charge on any atom is 0.530 e. The minimum atomic E-state index is -1.78. The maximum absolute atomic E-state index is 6.26. The first-order valence-corrected chi connectivity index (χ1v) is 11.3. The summed E-state index contributed by atoms with van der Waals surface area (Å²) < 4.78 is 30.8. The molecule has 0 atom stereocenters. The summed E-state index contributed by atoms with van der Waals surface area (Å²) in [6.07, 6.45) is 0. The molecule has 0 N–H and O–H groups in total. The normalized spacial score (nSPS) is 16.9. The van der Waals surface area contributed by atoms with Crippen molar-refractivity contribution < 1.29 is 22.9 Å². The lowest BCUT2D eigenvalue weighted by Crippen LogP contribution is -2.41. The van der Waals surface area contributed by atoms with Crippen molar-refractivity contribution in [1.82, 2.24) is 0 Å². The van der Waals surface area contributed by atoms with Crippen LogP contribution < -0.4 is 19.0 Å². The van der Waals surface area contributed by atoms with E-state index in [-0.39, 0.29) is 0 Å². The Morgan fingerprint density at radius 3 is 1.58 bits per heavy atom. The average molecular weight is 436 g/mol. The van der Waals surface area contributed by atoms with Crippen molar-refractivity contribution in [1.29, 1.82) is 0 Å². The molecule has 4 rings (SSSR count). The highest BCUT2D eigenvalue weighted by molar-refractivity contribution is 7.43. The van der Waals surface area contributed by atoms with Crippen LogP contribution >= 0.6 is 8.60 Å². The number of hydrogen-bond acceptors (Lipinski definition) is 5. The van der Waals surface area contributed by atoms with Gasteiger partial charge in [-0.3, -0.25) is 0 Å². The molecule has 0 radical (unpaired) electrons. The molecule has 3 aromatic rings. The van der Waals surface area contributed by atoms with Crippen LogP contribution in [-0.4, -0.2) is 18.3 Å². The van der Waals surface area contributed by atoms with E-state index in [1.54, 1.807) is 0 Å². The van der Waals surface area contributed by atoms with Gasteiger partial charge in [-0.05, 0) is 58.0 Å². The van der Waals surface area contributed by atoms with Crippen LogP contribution in [0.3, 0.4) is 0 Å². The average Bonchev–Trinajstić information content (AvgIpc) is 2.97. The van der Waals surface area contributed by atoms with Gasteiger partial charge in [0.15, 0.2) is 0 Å². The van der Waals surface area contributed by atoms with Gasteiger partial charge in [-0.1, -0.05) is 54.6 Å². The van der Waals surface area contributed by atoms with E-state index >= 15 is 0 Å². The molecule has 3 aromatic carbocycles. The third-order valence-corrected chi connectivity index (χ3v) is 6.51. The Bertz CT molecular complexity index is 940. The molecule has 0 aromatic heterocycles. The second kappa shape index (κ2) is 8.92. The van der Waals surface area contributed by atoms with Gasteiger partial charge in [-0.2, -0.15) is 0 Å². The first-order chi connectivity index (χ1) is 14.8. The van der Waals surface area contributed by atoms with Crippen LogP contribution in [0.4, 0.5) is 0 Å². The van der Waals surface area contributed by atoms with E-state index in [4.69, 9.17) is 22.9 Å². The van der Waals surface area contributed by atoms with E-state index < -0.39 is 26.9 Å². The molecule has 0 saturated carbocycles. The van der Waals surface area contributed by atoms with Gasteiger partial charge in [-0.25, -0.2) is 0 Å². The largest absolute Gasteiger partial charge is 0.530 e. The van der Waals surface area contributed by atoms with Crippen LogP contribution in [-0.2, 0) is 9.31 Å². The van der Waals surface area contributed by atoms with Gasteiger partial charge in [0.2, 0.25) is 0 Å². The summed E-state index contributed by atoms with van der Waals surface area (Å²) in [5, 5.41) is 0. The molecule has 1 aliphatic heterocycles. The summed E-state index contributed by atoms with van der Waals surface area (Å²) in [4.78, 5) is 0. The van der Waals surface area contributed by atoms with Crippen LogP contribution in [0.1, 0.15) is 27.7 Å². The fourth-order valence-electron chi connectivity index (χ4n) is 3.00. The van der Waals surface area contributed by atoms with Crippen LogP contribution in [0.25, 0.3) is 0 Å². The summed E-state index contributed by atoms with van der Waals surface area (Å²) in [7, 11) is -2.33. The van der Waals surface area contributed by atoms with Gasteiger partial charge in [0.25, 0.3) is 0 Å². The van der Waals surface area contributed by atoms with E-state index in [1.165, 1.54) is 0 Å². The Hall–Kier alpha value is -2.53. The summed E-state index contributed by atoms with van der Waals surface area (Å²) in [6.45, 7) is 8.11. The Morgan fingerprint density at radius 1 is 0.613 bits per heavy atom. The number of para-hydroxylation sites is 3. The third kappa shape index (κ3) is 5.04. The van der Waals surface area contributed by atoms with E-state index in [2.05, 4.69) is 0 Å². The standard InChI is InChI=1S/C24H26BO5P/c1-23(2)24(3,4)30-25(29-23)21-17-11-12-18-22(21)28-31(26-19-13-7-5-8-14-19)27-20-15-9-6-10-16-20/h5-18H,1-4H3. The molecular formula is C24H26BO5P. The molecule has 0 amide bonds. The van der Waals surface area contributed by atoms with Crippen molar-refractivity contribution in [3.8, 4) is 17.2 Å². The van der Waals surface area contributed by atoms with Gasteiger partial charge in [0.05, 0.1) is 11.2 Å². The van der Waals surface area contributed by atoms with Crippen LogP contribution in [0, 0.1) is 0 Å². The molecule has 1 aliphatic rings. The fourth-order valence-corrected chi connectivity index (χ4v) is 4.03. The minimum absolute atomic E-state index is 0.448. The maximum atomic E-state index is 6.26. The lowest BCUT2D eigenvalue weighted by atomic mass is 9.78. The first-order valence-electron chi connectivity index (χ1n) is 10.2. The zero-order chi connectivity index (χ0) is 21.9. The Balaban J connectivity index is 1.60. The predicted molar refractivity (Wildman–Crippen MR) is 124 cm³/mol. The topological polar surface area (TPSA) is 46.2 Å². The molecular weight excluding hydrogens is 410 g/mol. The first kappa shape index (κ1) is 21.7. The lowest BCUT2D eigenvalue weighted by Gasteiger charge is -2.32. The molecule has 0 unspecified atom stereocenters. The smallest absolute Gasteiger partial charge is 0.409 e. The Morgan fingerprint density at radius 2 is 1.06 bits per heavy atom. The van der Waals surface area contributed by atoms with E-state index in [0.29, 0.717) is 17.2 Å². The molecule has 7 heteroatoms. The highest BCUT2D eigenvalue weighted by Crippen LogP contribution is 2.43. The van der Waals surface area contributed by atoms with Crippen LogP contribution in [0.15, 0.2) is 84.9 Å². The summed E-state index contributed by atoms with van der Waals surface area (Å²) >= 11 is 0. The van der Waals surface area contributed by atoms with Gasteiger partial charge in [0.1, 0.15) is 17.2 Å². The molecule has 0 spiro atoms. The van der Waals surface area contributed by atoms with Crippen molar-refractivity contribution in [2.45, 2.75) is 38.9 Å².